The fourth-order valence-corrected chi connectivity index (χ4v) is 3.61. The van der Waals surface area contributed by atoms with Crippen LogP contribution in [-0.2, 0) is 9.84 Å². The number of piperidine rings is 1. The van der Waals surface area contributed by atoms with E-state index in [1.807, 2.05) is 0 Å². The van der Waals surface area contributed by atoms with Gasteiger partial charge in [-0.2, -0.15) is 13.2 Å². The number of nitrogens with one attached hydrogen (secondary N) is 1. The van der Waals surface area contributed by atoms with Crippen LogP contribution in [0.25, 0.3) is 0 Å². The topological polar surface area (TPSA) is 66.5 Å². The van der Waals surface area contributed by atoms with Crippen molar-refractivity contribution in [3.8, 4) is 0 Å². The van der Waals surface area contributed by atoms with Crippen molar-refractivity contribution in [3.63, 3.8) is 0 Å². The van der Waals surface area contributed by atoms with Gasteiger partial charge in [0, 0.05) is 24.3 Å². The van der Waals surface area contributed by atoms with Crippen molar-refractivity contribution in [1.82, 2.24) is 10.2 Å². The Labute approximate surface area is 161 Å². The normalized spacial score (nSPS) is 22.3. The van der Waals surface area contributed by atoms with Gasteiger partial charge in [0.1, 0.15) is 5.82 Å². The van der Waals surface area contributed by atoms with Crippen molar-refractivity contribution in [1.29, 1.82) is 0 Å². The maximum Gasteiger partial charge on any atom is 0.391 e. The summed E-state index contributed by atoms with van der Waals surface area (Å²) in [6.45, 7) is 1.43. The number of hydrogen-bond donors (Lipinski definition) is 1. The molecule has 1 aliphatic rings. The van der Waals surface area contributed by atoms with Crippen LogP contribution in [0.4, 0.5) is 22.4 Å². The number of benzene rings is 1. The van der Waals surface area contributed by atoms with E-state index in [1.54, 1.807) is 6.92 Å². The number of halogens is 4. The third kappa shape index (κ3) is 6.22. The van der Waals surface area contributed by atoms with Crippen LogP contribution in [0.3, 0.4) is 0 Å². The SMILES string of the molecule is C[C@@H](/C=C/S(C)(=O)=O)NC(=O)N1CC[C@H](C(F)(F)F)C[C@@H]1c1ccc(F)cc1. The summed E-state index contributed by atoms with van der Waals surface area (Å²) in [7, 11) is -3.37. The number of hydrogen-bond acceptors (Lipinski definition) is 3. The Balaban J connectivity index is 2.21. The molecule has 156 valence electrons. The Morgan fingerprint density at radius 1 is 1.29 bits per heavy atom. The molecule has 10 heteroatoms. The van der Waals surface area contributed by atoms with Crippen molar-refractivity contribution in [2.75, 3.05) is 12.8 Å². The molecule has 0 bridgehead atoms. The molecule has 1 aliphatic heterocycles. The summed E-state index contributed by atoms with van der Waals surface area (Å²) in [5, 5.41) is 3.52. The molecule has 0 saturated carbocycles. The largest absolute Gasteiger partial charge is 0.391 e. The molecule has 0 aliphatic carbocycles. The van der Waals surface area contributed by atoms with Crippen molar-refractivity contribution in [2.24, 2.45) is 5.92 Å². The average molecular weight is 422 g/mol. The van der Waals surface area contributed by atoms with Gasteiger partial charge in [-0.3, -0.25) is 0 Å². The highest BCUT2D eigenvalue weighted by Gasteiger charge is 2.45. The average Bonchev–Trinajstić information content (AvgIpc) is 2.59. The maximum absolute atomic E-state index is 13.2. The van der Waals surface area contributed by atoms with Crippen molar-refractivity contribution < 1.29 is 30.8 Å². The Morgan fingerprint density at radius 2 is 1.89 bits per heavy atom. The summed E-state index contributed by atoms with van der Waals surface area (Å²) in [5.41, 5.74) is 0.407. The number of urea groups is 1. The first-order valence-electron chi connectivity index (χ1n) is 8.64. The second-order valence-corrected chi connectivity index (χ2v) is 8.85. The first kappa shape index (κ1) is 22.2. The number of alkyl halides is 3. The lowest BCUT2D eigenvalue weighted by atomic mass is 9.87. The van der Waals surface area contributed by atoms with Crippen molar-refractivity contribution >= 4 is 15.9 Å². The summed E-state index contributed by atoms with van der Waals surface area (Å²) in [6.07, 6.45) is -2.65. The molecule has 1 fully saturated rings. The van der Waals surface area contributed by atoms with Crippen LogP contribution < -0.4 is 5.32 Å². The summed E-state index contributed by atoms with van der Waals surface area (Å²) in [5.74, 6) is -2.09. The van der Waals surface area contributed by atoms with Crippen molar-refractivity contribution in [2.45, 2.75) is 38.0 Å². The zero-order valence-corrected chi connectivity index (χ0v) is 16.2. The highest BCUT2D eigenvalue weighted by molar-refractivity contribution is 7.93. The molecule has 5 nitrogen and oxygen atoms in total. The fourth-order valence-electron chi connectivity index (χ4n) is 3.09. The Bertz CT molecular complexity index is 822. The second-order valence-electron chi connectivity index (χ2n) is 6.92. The predicted molar refractivity (Wildman–Crippen MR) is 96.6 cm³/mol. The van der Waals surface area contributed by atoms with E-state index in [0.717, 1.165) is 23.8 Å². The van der Waals surface area contributed by atoms with Crippen LogP contribution >= 0.6 is 0 Å². The van der Waals surface area contributed by atoms with Crippen LogP contribution in [0, 0.1) is 11.7 Å². The Morgan fingerprint density at radius 3 is 2.43 bits per heavy atom. The van der Waals surface area contributed by atoms with Gasteiger partial charge in [0.15, 0.2) is 9.84 Å². The smallest absolute Gasteiger partial charge is 0.332 e. The summed E-state index contributed by atoms with van der Waals surface area (Å²) >= 11 is 0. The molecule has 1 aromatic rings. The number of nitrogens with zero attached hydrogens (tertiary/aromatic N) is 1. The van der Waals surface area contributed by atoms with Gasteiger partial charge < -0.3 is 10.2 Å². The van der Waals surface area contributed by atoms with Gasteiger partial charge in [-0.05, 0) is 37.5 Å². The number of amides is 2. The van der Waals surface area contributed by atoms with Gasteiger partial charge in [-0.15, -0.1) is 0 Å². The molecule has 0 unspecified atom stereocenters. The lowest BCUT2D eigenvalue weighted by Crippen LogP contribution is -2.49. The minimum Gasteiger partial charge on any atom is -0.332 e. The Hall–Kier alpha value is -2.10. The third-order valence-electron chi connectivity index (χ3n) is 4.55. The van der Waals surface area contributed by atoms with E-state index < -0.39 is 45.9 Å². The molecule has 0 radical (unpaired) electrons. The maximum atomic E-state index is 13.2. The minimum absolute atomic E-state index is 0.124. The molecular formula is C18H22F4N2O3S. The summed E-state index contributed by atoms with van der Waals surface area (Å²) in [6, 6.07) is 2.89. The number of carbonyl (C=O) groups excluding carboxylic acids is 1. The van der Waals surface area contributed by atoms with Crippen LogP contribution in [0.1, 0.15) is 31.4 Å². The molecule has 1 N–H and O–H groups in total. The molecule has 28 heavy (non-hydrogen) atoms. The van der Waals surface area contributed by atoms with E-state index in [4.69, 9.17) is 0 Å². The van der Waals surface area contributed by atoms with Gasteiger partial charge in [0.2, 0.25) is 0 Å². The summed E-state index contributed by atoms with van der Waals surface area (Å²) < 4.78 is 75.1. The molecule has 1 aromatic carbocycles. The van der Waals surface area contributed by atoms with Gasteiger partial charge >= 0.3 is 12.2 Å². The highest BCUT2D eigenvalue weighted by Crippen LogP contribution is 2.42. The van der Waals surface area contributed by atoms with E-state index in [2.05, 4.69) is 5.32 Å². The lowest BCUT2D eigenvalue weighted by molar-refractivity contribution is -0.188. The van der Waals surface area contributed by atoms with Crippen LogP contribution in [0.15, 0.2) is 35.7 Å². The van der Waals surface area contributed by atoms with E-state index in [9.17, 15) is 30.8 Å². The molecule has 2 rings (SSSR count). The van der Waals surface area contributed by atoms with Gasteiger partial charge in [0.25, 0.3) is 0 Å². The van der Waals surface area contributed by atoms with Gasteiger partial charge in [-0.25, -0.2) is 17.6 Å². The standard InChI is InChI=1S/C18H22F4N2O3S/c1-12(8-10-28(2,26)27)23-17(25)24-9-7-14(18(20,21)22)11-16(24)13-3-5-15(19)6-4-13/h3-6,8,10,12,14,16H,7,9,11H2,1-2H3,(H,23,25)/b10-8+/t12-,14-,16+/m0/s1. The fraction of sp³-hybridized carbons (Fsp3) is 0.500. The molecule has 3 atom stereocenters. The van der Waals surface area contributed by atoms with Crippen molar-refractivity contribution in [3.05, 3.63) is 47.1 Å². The van der Waals surface area contributed by atoms with Crippen LogP contribution in [0.2, 0.25) is 0 Å². The Kier molecular flexibility index (Phi) is 6.74. The minimum atomic E-state index is -4.38. The zero-order valence-electron chi connectivity index (χ0n) is 15.4. The van der Waals surface area contributed by atoms with E-state index in [1.165, 1.54) is 23.1 Å². The van der Waals surface area contributed by atoms with Gasteiger partial charge in [0.05, 0.1) is 12.0 Å². The molecule has 0 spiro atoms. The molecule has 1 heterocycles. The van der Waals surface area contributed by atoms with E-state index in [0.29, 0.717) is 5.56 Å². The highest BCUT2D eigenvalue weighted by atomic mass is 32.2. The van der Waals surface area contributed by atoms with Crippen LogP contribution in [0.5, 0.6) is 0 Å². The number of sulfone groups is 1. The van der Waals surface area contributed by atoms with E-state index in [-0.39, 0.29) is 19.4 Å². The van der Waals surface area contributed by atoms with Crippen LogP contribution in [-0.4, -0.2) is 44.4 Å². The lowest BCUT2D eigenvalue weighted by Gasteiger charge is -2.40. The van der Waals surface area contributed by atoms with E-state index >= 15 is 0 Å². The van der Waals surface area contributed by atoms with Gasteiger partial charge in [-0.1, -0.05) is 18.2 Å². The predicted octanol–water partition coefficient (Wildman–Crippen LogP) is 3.80. The quantitative estimate of drug-likeness (QED) is 0.751. The molecule has 1 saturated heterocycles. The number of likely N-dealkylation sites (tertiary alicyclic amines) is 1. The monoisotopic (exact) mass is 422 g/mol. The third-order valence-corrected chi connectivity index (χ3v) is 5.20. The molecule has 0 aromatic heterocycles. The first-order valence-corrected chi connectivity index (χ1v) is 10.6. The first-order chi connectivity index (χ1) is 12.9. The number of carbonyl (C=O) groups is 1. The summed E-state index contributed by atoms with van der Waals surface area (Å²) in [4.78, 5) is 13.9. The molecular weight excluding hydrogens is 400 g/mol. The zero-order chi connectivity index (χ0) is 21.1. The molecule has 2 amide bonds. The number of rotatable bonds is 4. The second kappa shape index (κ2) is 8.50.